The third kappa shape index (κ3) is 3.92. The highest BCUT2D eigenvalue weighted by atomic mass is 32.2. The molecule has 1 aromatic rings. The zero-order valence-corrected chi connectivity index (χ0v) is 13.1. The first-order chi connectivity index (χ1) is 9.36. The Morgan fingerprint density at radius 2 is 2.00 bits per heavy atom. The van der Waals surface area contributed by atoms with Crippen LogP contribution in [-0.2, 0) is 16.4 Å². The topological polar surface area (TPSA) is 79.5 Å². The average Bonchev–Trinajstić information content (AvgIpc) is 2.85. The van der Waals surface area contributed by atoms with Gasteiger partial charge in [0.2, 0.25) is 10.0 Å². The van der Waals surface area contributed by atoms with E-state index in [9.17, 15) is 8.42 Å². The molecule has 2 rings (SSSR count). The van der Waals surface area contributed by atoms with Crippen molar-refractivity contribution < 1.29 is 12.9 Å². The van der Waals surface area contributed by atoms with Gasteiger partial charge in [0.05, 0.1) is 6.26 Å². The summed E-state index contributed by atoms with van der Waals surface area (Å²) in [5.74, 6) is 1.26. The van der Waals surface area contributed by atoms with Crippen molar-refractivity contribution in [1.82, 2.24) is 14.4 Å². The maximum Gasteiger partial charge on any atom is 0.323 e. The molecule has 20 heavy (non-hydrogen) atoms. The molecular weight excluding hydrogens is 280 g/mol. The summed E-state index contributed by atoms with van der Waals surface area (Å²) in [5, 5.41) is 3.94. The Morgan fingerprint density at radius 1 is 1.35 bits per heavy atom. The maximum atomic E-state index is 11.4. The van der Waals surface area contributed by atoms with Gasteiger partial charge in [0.15, 0.2) is 5.82 Å². The predicted octanol–water partition coefficient (Wildman–Crippen LogP) is 0.740. The summed E-state index contributed by atoms with van der Waals surface area (Å²) in [6, 6.07) is 0.520. The summed E-state index contributed by atoms with van der Waals surface area (Å²) in [4.78, 5) is 6.07. The lowest BCUT2D eigenvalue weighted by Crippen LogP contribution is -2.37. The van der Waals surface area contributed by atoms with Crippen LogP contribution in [-0.4, -0.2) is 56.3 Å². The summed E-state index contributed by atoms with van der Waals surface area (Å²) in [5.41, 5.74) is 0. The Hall–Kier alpha value is -1.15. The first kappa shape index (κ1) is 15.2. The molecule has 1 aliphatic heterocycles. The second-order valence-electron chi connectivity index (χ2n) is 5.53. The van der Waals surface area contributed by atoms with Crippen LogP contribution < -0.4 is 4.90 Å². The number of hydrogen-bond acceptors (Lipinski definition) is 6. The molecule has 1 saturated heterocycles. The highest BCUT2D eigenvalue weighted by Gasteiger charge is 2.25. The van der Waals surface area contributed by atoms with Gasteiger partial charge in [0.25, 0.3) is 0 Å². The highest BCUT2D eigenvalue weighted by Crippen LogP contribution is 2.23. The van der Waals surface area contributed by atoms with E-state index in [1.165, 1.54) is 6.26 Å². The van der Waals surface area contributed by atoms with E-state index in [-0.39, 0.29) is 0 Å². The molecule has 0 aromatic carbocycles. The normalized spacial score (nSPS) is 18.4. The van der Waals surface area contributed by atoms with E-state index in [0.29, 0.717) is 25.0 Å². The Labute approximate surface area is 120 Å². The molecule has 0 unspecified atom stereocenters. The van der Waals surface area contributed by atoms with Crippen molar-refractivity contribution in [2.45, 2.75) is 25.7 Å². The van der Waals surface area contributed by atoms with Gasteiger partial charge in [-0.25, -0.2) is 12.7 Å². The molecule has 1 aromatic heterocycles. The highest BCUT2D eigenvalue weighted by molar-refractivity contribution is 7.88. The number of aromatic nitrogens is 2. The minimum atomic E-state index is -3.03. The molecule has 1 aliphatic rings. The standard InChI is InChI=1S/C12H22N4O3S/c1-15(2)12-13-11(14-19-12)5-4-10-6-8-16(9-7-10)20(3,17)18/h10H,4-9H2,1-3H3. The number of sulfonamides is 1. The monoisotopic (exact) mass is 302 g/mol. The average molecular weight is 302 g/mol. The van der Waals surface area contributed by atoms with Gasteiger partial charge in [-0.3, -0.25) is 0 Å². The number of nitrogens with zero attached hydrogens (tertiary/aromatic N) is 4. The third-order valence-electron chi connectivity index (χ3n) is 3.66. The van der Waals surface area contributed by atoms with E-state index < -0.39 is 10.0 Å². The molecule has 8 heteroatoms. The van der Waals surface area contributed by atoms with Crippen LogP contribution in [0.5, 0.6) is 0 Å². The van der Waals surface area contributed by atoms with Crippen molar-refractivity contribution in [2.75, 3.05) is 38.3 Å². The third-order valence-corrected chi connectivity index (χ3v) is 4.96. The van der Waals surface area contributed by atoms with E-state index >= 15 is 0 Å². The summed E-state index contributed by atoms with van der Waals surface area (Å²) >= 11 is 0. The van der Waals surface area contributed by atoms with Gasteiger partial charge in [-0.05, 0) is 25.2 Å². The molecule has 1 fully saturated rings. The minimum absolute atomic E-state index is 0.520. The fourth-order valence-corrected chi connectivity index (χ4v) is 3.26. The molecule has 114 valence electrons. The van der Waals surface area contributed by atoms with Crippen molar-refractivity contribution in [3.05, 3.63) is 5.82 Å². The van der Waals surface area contributed by atoms with Crippen LogP contribution in [0.15, 0.2) is 4.52 Å². The summed E-state index contributed by atoms with van der Waals surface area (Å²) in [7, 11) is 0.684. The fourth-order valence-electron chi connectivity index (χ4n) is 2.39. The van der Waals surface area contributed by atoms with Gasteiger partial charge in [-0.15, -0.1) is 0 Å². The quantitative estimate of drug-likeness (QED) is 0.798. The Balaban J connectivity index is 1.78. The molecule has 0 saturated carbocycles. The lowest BCUT2D eigenvalue weighted by atomic mass is 9.93. The summed E-state index contributed by atoms with van der Waals surface area (Å²) in [6.45, 7) is 1.25. The van der Waals surface area contributed by atoms with Gasteiger partial charge in [0, 0.05) is 33.6 Å². The molecule has 0 amide bonds. The molecule has 0 radical (unpaired) electrons. The van der Waals surface area contributed by atoms with Crippen LogP contribution in [0.2, 0.25) is 0 Å². The Kier molecular flexibility index (Phi) is 4.64. The zero-order chi connectivity index (χ0) is 14.8. The van der Waals surface area contributed by atoms with Crippen LogP contribution in [0, 0.1) is 5.92 Å². The summed E-state index contributed by atoms with van der Waals surface area (Å²) < 4.78 is 29.5. The van der Waals surface area contributed by atoms with Gasteiger partial charge in [-0.1, -0.05) is 5.16 Å². The lowest BCUT2D eigenvalue weighted by Gasteiger charge is -2.29. The number of piperidine rings is 1. The largest absolute Gasteiger partial charge is 0.331 e. The van der Waals surface area contributed by atoms with Gasteiger partial charge < -0.3 is 9.42 Å². The van der Waals surface area contributed by atoms with E-state index in [0.717, 1.165) is 31.5 Å². The van der Waals surface area contributed by atoms with Gasteiger partial charge >= 0.3 is 6.01 Å². The Morgan fingerprint density at radius 3 is 2.50 bits per heavy atom. The molecule has 0 spiro atoms. The lowest BCUT2D eigenvalue weighted by molar-refractivity contribution is 0.263. The van der Waals surface area contributed by atoms with Crippen LogP contribution >= 0.6 is 0 Å². The second-order valence-corrected chi connectivity index (χ2v) is 7.51. The van der Waals surface area contributed by atoms with Gasteiger partial charge in [0.1, 0.15) is 0 Å². The Bertz CT molecular complexity index is 533. The SMILES string of the molecule is CN(C)c1nc(CCC2CCN(S(C)(=O)=O)CC2)no1. The van der Waals surface area contributed by atoms with Crippen molar-refractivity contribution in [2.24, 2.45) is 5.92 Å². The maximum absolute atomic E-state index is 11.4. The first-order valence-corrected chi connectivity index (χ1v) is 8.66. The molecular formula is C12H22N4O3S. The second kappa shape index (κ2) is 6.09. The van der Waals surface area contributed by atoms with Gasteiger partial charge in [-0.2, -0.15) is 4.98 Å². The molecule has 7 nitrogen and oxygen atoms in total. The minimum Gasteiger partial charge on any atom is -0.331 e. The van der Waals surface area contributed by atoms with Crippen molar-refractivity contribution >= 4 is 16.0 Å². The molecule has 0 aliphatic carbocycles. The number of rotatable bonds is 5. The smallest absolute Gasteiger partial charge is 0.323 e. The molecule has 2 heterocycles. The van der Waals surface area contributed by atoms with Crippen molar-refractivity contribution in [3.8, 4) is 0 Å². The van der Waals surface area contributed by atoms with Crippen LogP contribution in [0.25, 0.3) is 0 Å². The van der Waals surface area contributed by atoms with E-state index in [2.05, 4.69) is 10.1 Å². The number of anilines is 1. The summed E-state index contributed by atoms with van der Waals surface area (Å²) in [6.07, 6.45) is 4.84. The number of aryl methyl sites for hydroxylation is 1. The van der Waals surface area contributed by atoms with E-state index in [1.807, 2.05) is 14.1 Å². The van der Waals surface area contributed by atoms with E-state index in [4.69, 9.17) is 4.52 Å². The fraction of sp³-hybridized carbons (Fsp3) is 0.833. The van der Waals surface area contributed by atoms with E-state index in [1.54, 1.807) is 9.21 Å². The van der Waals surface area contributed by atoms with Crippen molar-refractivity contribution in [3.63, 3.8) is 0 Å². The molecule has 0 N–H and O–H groups in total. The van der Waals surface area contributed by atoms with Crippen LogP contribution in [0.1, 0.15) is 25.1 Å². The predicted molar refractivity (Wildman–Crippen MR) is 76.1 cm³/mol. The molecule has 0 atom stereocenters. The van der Waals surface area contributed by atoms with Crippen LogP contribution in [0.3, 0.4) is 0 Å². The van der Waals surface area contributed by atoms with Crippen LogP contribution in [0.4, 0.5) is 6.01 Å². The number of hydrogen-bond donors (Lipinski definition) is 0. The molecule has 0 bridgehead atoms. The zero-order valence-electron chi connectivity index (χ0n) is 12.2. The first-order valence-electron chi connectivity index (χ1n) is 6.81. The van der Waals surface area contributed by atoms with Crippen molar-refractivity contribution in [1.29, 1.82) is 0 Å².